The normalized spacial score (nSPS) is 19.3. The number of fused-ring (bicyclic) bond motifs is 1. The molecule has 0 amide bonds. The lowest BCUT2D eigenvalue weighted by molar-refractivity contribution is 0.00827. The van der Waals surface area contributed by atoms with E-state index >= 15 is 0 Å². The number of hydrogen-bond donors (Lipinski definition) is 0. The third-order valence-corrected chi connectivity index (χ3v) is 6.51. The molecule has 0 aromatic heterocycles. The number of aryl methyl sites for hydroxylation is 1. The molecule has 150 valence electrons. The molecular weight excluding hydrogens is 374 g/mol. The van der Waals surface area contributed by atoms with E-state index in [1.165, 1.54) is 4.31 Å². The minimum atomic E-state index is -3.83. The maximum absolute atomic E-state index is 13.7. The molecule has 6 heteroatoms. The molecule has 0 radical (unpaired) electrons. The zero-order valence-corrected chi connectivity index (χ0v) is 17.4. The van der Waals surface area contributed by atoms with E-state index in [4.69, 9.17) is 9.47 Å². The predicted octanol–water partition coefficient (Wildman–Crippen LogP) is 4.23. The molecule has 0 spiro atoms. The molecule has 0 saturated heterocycles. The van der Waals surface area contributed by atoms with Crippen molar-refractivity contribution >= 4 is 21.8 Å². The lowest BCUT2D eigenvalue weighted by Gasteiger charge is -2.35. The number of rotatable bonds is 7. The largest absolute Gasteiger partial charge is 0.381 e. The zero-order valence-electron chi connectivity index (χ0n) is 16.5. The van der Waals surface area contributed by atoms with Crippen LogP contribution in [0, 0.1) is 12.8 Å². The monoisotopic (exact) mass is 401 g/mol. The number of sulfonamides is 1. The molecule has 0 N–H and O–H groups in total. The minimum Gasteiger partial charge on any atom is -0.381 e. The van der Waals surface area contributed by atoms with Crippen LogP contribution >= 0.6 is 0 Å². The summed E-state index contributed by atoms with van der Waals surface area (Å²) in [6.45, 7) is 7.05. The third-order valence-electron chi connectivity index (χ3n) is 4.72. The van der Waals surface area contributed by atoms with Crippen LogP contribution in [0.3, 0.4) is 0 Å². The van der Waals surface area contributed by atoms with Crippen molar-refractivity contribution in [1.29, 1.82) is 0 Å². The van der Waals surface area contributed by atoms with E-state index in [0.29, 0.717) is 25.5 Å². The van der Waals surface area contributed by atoms with Gasteiger partial charge in [0.15, 0.2) is 6.23 Å². The molecule has 28 heavy (non-hydrogen) atoms. The van der Waals surface area contributed by atoms with E-state index in [1.807, 2.05) is 69.3 Å². The van der Waals surface area contributed by atoms with Gasteiger partial charge in [-0.05, 0) is 44.5 Å². The first-order valence-corrected chi connectivity index (χ1v) is 11.0. The van der Waals surface area contributed by atoms with Gasteiger partial charge in [-0.2, -0.15) is 0 Å². The molecule has 0 bridgehead atoms. The first-order chi connectivity index (χ1) is 13.5. The van der Waals surface area contributed by atoms with Crippen molar-refractivity contribution in [3.63, 3.8) is 0 Å². The number of benzene rings is 2. The minimum absolute atomic E-state index is 0.229. The standard InChI is InChI=1S/C22H27NO4S/c1-4-26-16-19-13-12-18-8-6-7-9-21(18)23(22(19)27-5-2)28(24,25)20-14-10-17(3)11-15-20/h6-15,19,22H,4-5,16H2,1-3H3. The Labute approximate surface area is 167 Å². The van der Waals surface area contributed by atoms with Gasteiger partial charge in [0.2, 0.25) is 0 Å². The van der Waals surface area contributed by atoms with Crippen LogP contribution in [0.25, 0.3) is 6.08 Å². The maximum Gasteiger partial charge on any atom is 0.266 e. The van der Waals surface area contributed by atoms with Gasteiger partial charge in [0.1, 0.15) is 0 Å². The van der Waals surface area contributed by atoms with Gasteiger partial charge >= 0.3 is 0 Å². The summed E-state index contributed by atoms with van der Waals surface area (Å²) in [4.78, 5) is 0.245. The van der Waals surface area contributed by atoms with Crippen molar-refractivity contribution in [1.82, 2.24) is 0 Å². The van der Waals surface area contributed by atoms with E-state index in [9.17, 15) is 8.42 Å². The van der Waals surface area contributed by atoms with Gasteiger partial charge in [0.25, 0.3) is 10.0 Å². The quantitative estimate of drug-likeness (QED) is 0.697. The van der Waals surface area contributed by atoms with Crippen LogP contribution in [0.5, 0.6) is 0 Å². The van der Waals surface area contributed by atoms with Crippen molar-refractivity contribution in [3.8, 4) is 0 Å². The topological polar surface area (TPSA) is 55.8 Å². The summed E-state index contributed by atoms with van der Waals surface area (Å²) in [5.41, 5.74) is 2.45. The van der Waals surface area contributed by atoms with Crippen LogP contribution in [0.2, 0.25) is 0 Å². The zero-order chi connectivity index (χ0) is 20.1. The summed E-state index contributed by atoms with van der Waals surface area (Å²) in [7, 11) is -3.83. The SMILES string of the molecule is CCOCC1C=Cc2ccccc2N(S(=O)(=O)c2ccc(C)cc2)C1OCC. The van der Waals surface area contributed by atoms with Crippen LogP contribution in [-0.4, -0.2) is 34.5 Å². The van der Waals surface area contributed by atoms with E-state index in [1.54, 1.807) is 12.1 Å². The summed E-state index contributed by atoms with van der Waals surface area (Å²) < 4.78 is 40.4. The Morgan fingerprint density at radius 3 is 2.39 bits per heavy atom. The predicted molar refractivity (Wildman–Crippen MR) is 112 cm³/mol. The summed E-state index contributed by atoms with van der Waals surface area (Å²) in [5, 5.41) is 0. The molecule has 5 nitrogen and oxygen atoms in total. The molecule has 3 rings (SSSR count). The summed E-state index contributed by atoms with van der Waals surface area (Å²) >= 11 is 0. The van der Waals surface area contributed by atoms with E-state index in [0.717, 1.165) is 11.1 Å². The fraction of sp³-hybridized carbons (Fsp3) is 0.364. The number of nitrogens with zero attached hydrogens (tertiary/aromatic N) is 1. The highest BCUT2D eigenvalue weighted by Crippen LogP contribution is 2.36. The van der Waals surface area contributed by atoms with Gasteiger partial charge in [-0.25, -0.2) is 12.7 Å². The Kier molecular flexibility index (Phi) is 6.54. The first-order valence-electron chi connectivity index (χ1n) is 9.56. The van der Waals surface area contributed by atoms with Crippen molar-refractivity contribution in [2.75, 3.05) is 24.1 Å². The summed E-state index contributed by atoms with van der Waals surface area (Å²) in [6.07, 6.45) is 3.25. The molecule has 1 aliphatic rings. The molecular formula is C22H27NO4S. The molecule has 2 aromatic carbocycles. The van der Waals surface area contributed by atoms with Crippen molar-refractivity contribution in [2.45, 2.75) is 31.9 Å². The molecule has 2 unspecified atom stereocenters. The van der Waals surface area contributed by atoms with Gasteiger partial charge in [-0.3, -0.25) is 0 Å². The second-order valence-corrected chi connectivity index (χ2v) is 8.52. The highest BCUT2D eigenvalue weighted by Gasteiger charge is 2.38. The van der Waals surface area contributed by atoms with Crippen LogP contribution in [0.4, 0.5) is 5.69 Å². The highest BCUT2D eigenvalue weighted by atomic mass is 32.2. The van der Waals surface area contributed by atoms with Crippen LogP contribution < -0.4 is 4.31 Å². The molecule has 2 atom stereocenters. The summed E-state index contributed by atoms with van der Waals surface area (Å²) in [5.74, 6) is -0.229. The van der Waals surface area contributed by atoms with Gasteiger partial charge in [-0.1, -0.05) is 48.0 Å². The van der Waals surface area contributed by atoms with Crippen LogP contribution in [0.1, 0.15) is 25.0 Å². The Morgan fingerprint density at radius 1 is 1.00 bits per heavy atom. The van der Waals surface area contributed by atoms with Crippen molar-refractivity contribution < 1.29 is 17.9 Å². The molecule has 1 heterocycles. The van der Waals surface area contributed by atoms with Crippen LogP contribution in [-0.2, 0) is 19.5 Å². The van der Waals surface area contributed by atoms with Crippen molar-refractivity contribution in [2.24, 2.45) is 5.92 Å². The Hall–Kier alpha value is -2.15. The Balaban J connectivity index is 2.16. The lowest BCUT2D eigenvalue weighted by atomic mass is 10.1. The average molecular weight is 402 g/mol. The third kappa shape index (κ3) is 4.14. The molecule has 2 aromatic rings. The lowest BCUT2D eigenvalue weighted by Crippen LogP contribution is -2.47. The first kappa shape index (κ1) is 20.6. The smallest absolute Gasteiger partial charge is 0.266 e. The second kappa shape index (κ2) is 8.90. The van der Waals surface area contributed by atoms with Gasteiger partial charge in [-0.15, -0.1) is 0 Å². The number of anilines is 1. The fourth-order valence-corrected chi connectivity index (χ4v) is 4.93. The van der Waals surface area contributed by atoms with Gasteiger partial charge in [0, 0.05) is 19.1 Å². The van der Waals surface area contributed by atoms with Crippen molar-refractivity contribution in [3.05, 3.63) is 65.7 Å². The summed E-state index contributed by atoms with van der Waals surface area (Å²) in [6, 6.07) is 14.4. The van der Waals surface area contributed by atoms with E-state index in [2.05, 4.69) is 0 Å². The molecule has 1 aliphatic heterocycles. The molecule has 0 fully saturated rings. The second-order valence-electron chi connectivity index (χ2n) is 6.70. The molecule has 0 aliphatic carbocycles. The van der Waals surface area contributed by atoms with E-state index < -0.39 is 16.3 Å². The maximum atomic E-state index is 13.7. The van der Waals surface area contributed by atoms with Gasteiger partial charge < -0.3 is 9.47 Å². The Bertz CT molecular complexity index is 922. The Morgan fingerprint density at radius 2 is 1.71 bits per heavy atom. The molecule has 0 saturated carbocycles. The van der Waals surface area contributed by atoms with Crippen LogP contribution in [0.15, 0.2) is 59.5 Å². The van der Waals surface area contributed by atoms with E-state index in [-0.39, 0.29) is 10.8 Å². The number of para-hydroxylation sites is 1. The number of hydrogen-bond acceptors (Lipinski definition) is 4. The highest BCUT2D eigenvalue weighted by molar-refractivity contribution is 7.92. The number of ether oxygens (including phenoxy) is 2. The van der Waals surface area contributed by atoms with Gasteiger partial charge in [0.05, 0.1) is 17.2 Å². The average Bonchev–Trinajstić information content (AvgIpc) is 2.84. The fourth-order valence-electron chi connectivity index (χ4n) is 3.31.